The molecular weight excluding hydrogens is 314 g/mol. The van der Waals surface area contributed by atoms with Crippen molar-refractivity contribution < 1.29 is 9.32 Å². The van der Waals surface area contributed by atoms with Crippen LogP contribution in [-0.4, -0.2) is 16.0 Å². The first-order valence-electron chi connectivity index (χ1n) is 8.28. The number of amides is 1. The quantitative estimate of drug-likeness (QED) is 0.757. The van der Waals surface area contributed by atoms with Crippen LogP contribution in [0.2, 0.25) is 0 Å². The summed E-state index contributed by atoms with van der Waals surface area (Å²) < 4.78 is 5.24. The molecule has 0 aliphatic carbocycles. The molecule has 1 heterocycles. The molecule has 1 amide bonds. The lowest BCUT2D eigenvalue weighted by Crippen LogP contribution is -2.14. The summed E-state index contributed by atoms with van der Waals surface area (Å²) in [6, 6.07) is 13.7. The molecule has 2 aromatic carbocycles. The fraction of sp³-hybridized carbons (Fsp3) is 0.250. The number of nitrogens with one attached hydrogen (secondary N) is 1. The van der Waals surface area contributed by atoms with Gasteiger partial charge >= 0.3 is 0 Å². The van der Waals surface area contributed by atoms with Crippen LogP contribution < -0.4 is 5.32 Å². The van der Waals surface area contributed by atoms with E-state index < -0.39 is 0 Å². The SMILES string of the molecule is Cc1cc(C)c(NC(=O)CCc2nc(-c3ccccc3)no2)c(C)c1. The highest BCUT2D eigenvalue weighted by Crippen LogP contribution is 2.22. The molecule has 0 aliphatic heterocycles. The number of aryl methyl sites for hydroxylation is 4. The third kappa shape index (κ3) is 4.12. The summed E-state index contributed by atoms with van der Waals surface area (Å²) in [7, 11) is 0. The number of carbonyl (C=O) groups is 1. The lowest BCUT2D eigenvalue weighted by atomic mass is 10.0. The molecule has 0 unspecified atom stereocenters. The van der Waals surface area contributed by atoms with Gasteiger partial charge in [-0.05, 0) is 31.9 Å². The van der Waals surface area contributed by atoms with Crippen molar-refractivity contribution in [2.45, 2.75) is 33.6 Å². The van der Waals surface area contributed by atoms with Crippen LogP contribution in [0.3, 0.4) is 0 Å². The monoisotopic (exact) mass is 335 g/mol. The number of hydrogen-bond acceptors (Lipinski definition) is 4. The van der Waals surface area contributed by atoms with Gasteiger partial charge in [0.05, 0.1) is 0 Å². The Morgan fingerprint density at radius 1 is 1.08 bits per heavy atom. The van der Waals surface area contributed by atoms with Gasteiger partial charge in [-0.3, -0.25) is 4.79 Å². The number of benzene rings is 2. The van der Waals surface area contributed by atoms with Crippen LogP contribution in [0.25, 0.3) is 11.4 Å². The fourth-order valence-electron chi connectivity index (χ4n) is 2.86. The number of carbonyl (C=O) groups excluding carboxylic acids is 1. The first-order chi connectivity index (χ1) is 12.0. The van der Waals surface area contributed by atoms with E-state index in [0.29, 0.717) is 24.6 Å². The highest BCUT2D eigenvalue weighted by Gasteiger charge is 2.12. The Labute approximate surface area is 147 Å². The molecular formula is C20H21N3O2. The second-order valence-electron chi connectivity index (χ2n) is 6.20. The number of hydrogen-bond donors (Lipinski definition) is 1. The van der Waals surface area contributed by atoms with Crippen LogP contribution >= 0.6 is 0 Å². The first-order valence-corrected chi connectivity index (χ1v) is 8.28. The van der Waals surface area contributed by atoms with E-state index in [1.807, 2.05) is 51.1 Å². The average Bonchev–Trinajstić information content (AvgIpc) is 3.06. The summed E-state index contributed by atoms with van der Waals surface area (Å²) in [4.78, 5) is 16.6. The van der Waals surface area contributed by atoms with Gasteiger partial charge < -0.3 is 9.84 Å². The topological polar surface area (TPSA) is 68.0 Å². The molecule has 25 heavy (non-hydrogen) atoms. The Hall–Kier alpha value is -2.95. The summed E-state index contributed by atoms with van der Waals surface area (Å²) in [5.41, 5.74) is 5.09. The van der Waals surface area contributed by atoms with E-state index in [0.717, 1.165) is 22.4 Å². The van der Waals surface area contributed by atoms with Crippen LogP contribution in [0, 0.1) is 20.8 Å². The molecule has 0 fully saturated rings. The van der Waals surface area contributed by atoms with E-state index in [4.69, 9.17) is 4.52 Å². The molecule has 0 bridgehead atoms. The molecule has 128 valence electrons. The van der Waals surface area contributed by atoms with Crippen molar-refractivity contribution in [1.29, 1.82) is 0 Å². The number of anilines is 1. The molecule has 3 rings (SSSR count). The lowest BCUT2D eigenvalue weighted by molar-refractivity contribution is -0.116. The van der Waals surface area contributed by atoms with E-state index in [-0.39, 0.29) is 5.91 Å². The second kappa shape index (κ2) is 7.30. The van der Waals surface area contributed by atoms with Gasteiger partial charge in [0.1, 0.15) is 0 Å². The summed E-state index contributed by atoms with van der Waals surface area (Å²) >= 11 is 0. The minimum Gasteiger partial charge on any atom is -0.339 e. The maximum absolute atomic E-state index is 12.3. The van der Waals surface area contributed by atoms with Gasteiger partial charge in [0, 0.05) is 24.1 Å². The molecule has 0 saturated heterocycles. The van der Waals surface area contributed by atoms with Crippen molar-refractivity contribution >= 4 is 11.6 Å². The van der Waals surface area contributed by atoms with Gasteiger partial charge in [0.2, 0.25) is 17.6 Å². The van der Waals surface area contributed by atoms with Crippen molar-refractivity contribution in [1.82, 2.24) is 10.1 Å². The number of aromatic nitrogens is 2. The maximum atomic E-state index is 12.3. The molecule has 5 heteroatoms. The smallest absolute Gasteiger partial charge is 0.227 e. The Bertz CT molecular complexity index is 862. The lowest BCUT2D eigenvalue weighted by Gasteiger charge is -2.12. The van der Waals surface area contributed by atoms with E-state index >= 15 is 0 Å². The maximum Gasteiger partial charge on any atom is 0.227 e. The van der Waals surface area contributed by atoms with Gasteiger partial charge in [-0.25, -0.2) is 0 Å². The minimum absolute atomic E-state index is 0.0606. The molecule has 0 spiro atoms. The predicted octanol–water partition coefficient (Wildman–Crippen LogP) is 4.23. The fourth-order valence-corrected chi connectivity index (χ4v) is 2.86. The minimum atomic E-state index is -0.0606. The molecule has 1 N–H and O–H groups in total. The molecule has 0 saturated carbocycles. The van der Waals surface area contributed by atoms with Gasteiger partial charge in [-0.2, -0.15) is 4.98 Å². The highest BCUT2D eigenvalue weighted by molar-refractivity contribution is 5.92. The summed E-state index contributed by atoms with van der Waals surface area (Å²) in [5, 5.41) is 6.95. The number of nitrogens with zero attached hydrogens (tertiary/aromatic N) is 2. The van der Waals surface area contributed by atoms with Gasteiger partial charge in [0.25, 0.3) is 0 Å². The van der Waals surface area contributed by atoms with Crippen LogP contribution in [0.5, 0.6) is 0 Å². The van der Waals surface area contributed by atoms with E-state index in [1.165, 1.54) is 5.56 Å². The predicted molar refractivity (Wildman–Crippen MR) is 97.3 cm³/mol. The molecule has 1 aromatic heterocycles. The molecule has 0 radical (unpaired) electrons. The Morgan fingerprint density at radius 3 is 2.44 bits per heavy atom. The molecule has 3 aromatic rings. The first kappa shape index (κ1) is 16.9. The summed E-state index contributed by atoms with van der Waals surface area (Å²) in [6.07, 6.45) is 0.707. The van der Waals surface area contributed by atoms with Crippen LogP contribution in [0.4, 0.5) is 5.69 Å². The van der Waals surface area contributed by atoms with Gasteiger partial charge in [-0.15, -0.1) is 0 Å². The molecule has 0 aliphatic rings. The van der Waals surface area contributed by atoms with Crippen LogP contribution in [0.15, 0.2) is 47.0 Å². The standard InChI is InChI=1S/C20H21N3O2/c1-13-11-14(2)19(15(3)12-13)21-17(24)9-10-18-22-20(23-25-18)16-7-5-4-6-8-16/h4-8,11-12H,9-10H2,1-3H3,(H,21,24). The average molecular weight is 335 g/mol. The zero-order valence-corrected chi connectivity index (χ0v) is 14.7. The van der Waals surface area contributed by atoms with Crippen LogP contribution in [-0.2, 0) is 11.2 Å². The van der Waals surface area contributed by atoms with E-state index in [1.54, 1.807) is 0 Å². The summed E-state index contributed by atoms with van der Waals surface area (Å²) in [6.45, 7) is 6.05. The van der Waals surface area contributed by atoms with Crippen molar-refractivity contribution in [3.05, 3.63) is 65.0 Å². The molecule has 5 nitrogen and oxygen atoms in total. The van der Waals surface area contributed by atoms with Crippen molar-refractivity contribution in [2.24, 2.45) is 0 Å². The third-order valence-corrected chi connectivity index (χ3v) is 4.01. The third-order valence-electron chi connectivity index (χ3n) is 4.01. The number of rotatable bonds is 5. The van der Waals surface area contributed by atoms with Crippen molar-refractivity contribution in [3.63, 3.8) is 0 Å². The Balaban J connectivity index is 1.61. The zero-order chi connectivity index (χ0) is 17.8. The molecule has 0 atom stereocenters. The van der Waals surface area contributed by atoms with Crippen LogP contribution in [0.1, 0.15) is 29.0 Å². The normalized spacial score (nSPS) is 10.7. The zero-order valence-electron chi connectivity index (χ0n) is 14.7. The highest BCUT2D eigenvalue weighted by atomic mass is 16.5. The van der Waals surface area contributed by atoms with Gasteiger partial charge in [0.15, 0.2) is 0 Å². The van der Waals surface area contributed by atoms with E-state index in [2.05, 4.69) is 27.6 Å². The Kier molecular flexibility index (Phi) is 4.93. The Morgan fingerprint density at radius 2 is 1.76 bits per heavy atom. The van der Waals surface area contributed by atoms with Gasteiger partial charge in [-0.1, -0.05) is 53.2 Å². The largest absolute Gasteiger partial charge is 0.339 e. The summed E-state index contributed by atoms with van der Waals surface area (Å²) in [5.74, 6) is 0.946. The van der Waals surface area contributed by atoms with Crippen molar-refractivity contribution in [2.75, 3.05) is 5.32 Å². The van der Waals surface area contributed by atoms with Crippen molar-refractivity contribution in [3.8, 4) is 11.4 Å². The van der Waals surface area contributed by atoms with E-state index in [9.17, 15) is 4.79 Å². The second-order valence-corrected chi connectivity index (χ2v) is 6.20.